The second kappa shape index (κ2) is 6.89. The summed E-state index contributed by atoms with van der Waals surface area (Å²) >= 11 is 0. The molecule has 0 bridgehead atoms. The third-order valence-electron chi connectivity index (χ3n) is 4.70. The highest BCUT2D eigenvalue weighted by Gasteiger charge is 2.19. The molecule has 1 aliphatic rings. The molecule has 8 nitrogen and oxygen atoms in total. The fourth-order valence-corrected chi connectivity index (χ4v) is 3.69. The Morgan fingerprint density at radius 3 is 2.64 bits per heavy atom. The molecular weight excluding hydrogens is 340 g/mol. The van der Waals surface area contributed by atoms with Gasteiger partial charge in [0.05, 0.1) is 29.9 Å². The van der Waals surface area contributed by atoms with Gasteiger partial charge in [-0.05, 0) is 26.3 Å². The van der Waals surface area contributed by atoms with Gasteiger partial charge in [0.25, 0.3) is 0 Å². The molecule has 0 saturated carbocycles. The highest BCUT2D eigenvalue weighted by molar-refractivity contribution is 7.88. The van der Waals surface area contributed by atoms with E-state index in [0.717, 1.165) is 55.9 Å². The molecular formula is C16H26N6O2S. The zero-order chi connectivity index (χ0) is 18.2. The first-order valence-electron chi connectivity index (χ1n) is 8.44. The zero-order valence-corrected chi connectivity index (χ0v) is 16.1. The first kappa shape index (κ1) is 18.1. The van der Waals surface area contributed by atoms with E-state index in [9.17, 15) is 8.42 Å². The van der Waals surface area contributed by atoms with Crippen LogP contribution in [0.25, 0.3) is 0 Å². The number of aromatic nitrogens is 4. The standard InChI is InChI=1S/C16H26N6O2S/c1-12-16(13(2)20(3)18-12)11-21-6-5-7-22-15(10-21)8-14(19-22)9-17-25(4,23)24/h8,17H,5-7,9-11H2,1-4H3. The third-order valence-corrected chi connectivity index (χ3v) is 5.37. The van der Waals surface area contributed by atoms with Crippen molar-refractivity contribution in [2.45, 2.75) is 46.4 Å². The third kappa shape index (κ3) is 4.28. The smallest absolute Gasteiger partial charge is 0.209 e. The Morgan fingerprint density at radius 2 is 2.00 bits per heavy atom. The van der Waals surface area contributed by atoms with E-state index in [0.29, 0.717) is 0 Å². The highest BCUT2D eigenvalue weighted by atomic mass is 32.2. The van der Waals surface area contributed by atoms with Gasteiger partial charge in [-0.25, -0.2) is 13.1 Å². The van der Waals surface area contributed by atoms with Gasteiger partial charge >= 0.3 is 0 Å². The Balaban J connectivity index is 1.73. The van der Waals surface area contributed by atoms with Gasteiger partial charge in [0.2, 0.25) is 10.0 Å². The average molecular weight is 366 g/mol. The molecule has 9 heteroatoms. The van der Waals surface area contributed by atoms with Crippen molar-refractivity contribution in [2.24, 2.45) is 7.05 Å². The molecule has 0 atom stereocenters. The predicted molar refractivity (Wildman–Crippen MR) is 95.3 cm³/mol. The van der Waals surface area contributed by atoms with Gasteiger partial charge in [-0.2, -0.15) is 10.2 Å². The van der Waals surface area contributed by atoms with Crippen molar-refractivity contribution in [1.82, 2.24) is 29.2 Å². The monoisotopic (exact) mass is 366 g/mol. The molecule has 0 radical (unpaired) electrons. The van der Waals surface area contributed by atoms with E-state index in [4.69, 9.17) is 0 Å². The molecule has 0 saturated heterocycles. The van der Waals surface area contributed by atoms with Crippen molar-refractivity contribution < 1.29 is 8.42 Å². The van der Waals surface area contributed by atoms with Gasteiger partial charge in [-0.15, -0.1) is 0 Å². The molecule has 0 aliphatic carbocycles. The zero-order valence-electron chi connectivity index (χ0n) is 15.3. The molecule has 2 aromatic rings. The minimum Gasteiger partial charge on any atom is -0.293 e. The lowest BCUT2D eigenvalue weighted by Gasteiger charge is -2.19. The summed E-state index contributed by atoms with van der Waals surface area (Å²) in [6.07, 6.45) is 2.18. The van der Waals surface area contributed by atoms with Gasteiger partial charge in [0, 0.05) is 44.5 Å². The van der Waals surface area contributed by atoms with Crippen LogP contribution in [0.15, 0.2) is 6.07 Å². The summed E-state index contributed by atoms with van der Waals surface area (Å²) in [6.45, 7) is 7.93. The van der Waals surface area contributed by atoms with Gasteiger partial charge in [-0.3, -0.25) is 14.3 Å². The van der Waals surface area contributed by atoms with Gasteiger partial charge in [-0.1, -0.05) is 0 Å². The van der Waals surface area contributed by atoms with Crippen LogP contribution in [0.5, 0.6) is 0 Å². The van der Waals surface area contributed by atoms with E-state index in [-0.39, 0.29) is 6.54 Å². The van der Waals surface area contributed by atoms with Crippen molar-refractivity contribution in [3.63, 3.8) is 0 Å². The number of aryl methyl sites for hydroxylation is 3. The van der Waals surface area contributed by atoms with E-state index in [1.165, 1.54) is 11.3 Å². The molecule has 3 rings (SSSR count). The van der Waals surface area contributed by atoms with Crippen LogP contribution < -0.4 is 4.72 Å². The van der Waals surface area contributed by atoms with Crippen LogP contribution in [-0.2, 0) is 43.2 Å². The molecule has 0 spiro atoms. The molecule has 3 heterocycles. The quantitative estimate of drug-likeness (QED) is 0.841. The Labute approximate surface area is 148 Å². The number of sulfonamides is 1. The second-order valence-electron chi connectivity index (χ2n) is 6.78. The maximum absolute atomic E-state index is 11.3. The fourth-order valence-electron chi connectivity index (χ4n) is 3.28. The first-order chi connectivity index (χ1) is 11.7. The van der Waals surface area contributed by atoms with Crippen molar-refractivity contribution in [2.75, 3.05) is 12.8 Å². The maximum atomic E-state index is 11.3. The molecule has 2 aromatic heterocycles. The number of hydrogen-bond acceptors (Lipinski definition) is 5. The summed E-state index contributed by atoms with van der Waals surface area (Å²) in [5.41, 5.74) is 5.46. The first-order valence-corrected chi connectivity index (χ1v) is 10.3. The molecule has 25 heavy (non-hydrogen) atoms. The molecule has 0 aromatic carbocycles. The minimum atomic E-state index is -3.21. The molecule has 1 aliphatic heterocycles. The number of nitrogens with zero attached hydrogens (tertiary/aromatic N) is 5. The van der Waals surface area contributed by atoms with Crippen molar-refractivity contribution in [3.05, 3.63) is 34.4 Å². The molecule has 1 N–H and O–H groups in total. The van der Waals surface area contributed by atoms with E-state index >= 15 is 0 Å². The molecule has 138 valence electrons. The van der Waals surface area contributed by atoms with E-state index < -0.39 is 10.0 Å². The predicted octanol–water partition coefficient (Wildman–Crippen LogP) is 0.689. The number of rotatable bonds is 5. The Kier molecular flexibility index (Phi) is 4.99. The normalized spacial score (nSPS) is 16.0. The van der Waals surface area contributed by atoms with E-state index in [1.807, 2.05) is 22.5 Å². The minimum absolute atomic E-state index is 0.236. The van der Waals surface area contributed by atoms with Crippen LogP contribution in [0.1, 0.15) is 34.8 Å². The van der Waals surface area contributed by atoms with Crippen molar-refractivity contribution in [3.8, 4) is 0 Å². The van der Waals surface area contributed by atoms with Gasteiger partial charge in [0.15, 0.2) is 0 Å². The Bertz CT molecular complexity index is 868. The van der Waals surface area contributed by atoms with Crippen molar-refractivity contribution in [1.29, 1.82) is 0 Å². The Morgan fingerprint density at radius 1 is 1.24 bits per heavy atom. The van der Waals surface area contributed by atoms with Crippen LogP contribution in [0.2, 0.25) is 0 Å². The summed E-state index contributed by atoms with van der Waals surface area (Å²) in [7, 11) is -1.23. The molecule has 0 amide bonds. The topological polar surface area (TPSA) is 85.1 Å². The van der Waals surface area contributed by atoms with Crippen molar-refractivity contribution >= 4 is 10.0 Å². The lowest BCUT2D eigenvalue weighted by molar-refractivity contribution is 0.260. The lowest BCUT2D eigenvalue weighted by atomic mass is 10.1. The highest BCUT2D eigenvalue weighted by Crippen LogP contribution is 2.19. The molecule has 0 fully saturated rings. The Hall–Kier alpha value is -1.71. The van der Waals surface area contributed by atoms with Gasteiger partial charge in [0.1, 0.15) is 0 Å². The summed E-state index contributed by atoms with van der Waals surface area (Å²) in [4.78, 5) is 2.41. The van der Waals surface area contributed by atoms with Crippen LogP contribution in [-0.4, -0.2) is 45.7 Å². The summed E-state index contributed by atoms with van der Waals surface area (Å²) in [5, 5.41) is 9.04. The number of nitrogens with one attached hydrogen (secondary N) is 1. The summed E-state index contributed by atoms with van der Waals surface area (Å²) < 4.78 is 29.0. The maximum Gasteiger partial charge on any atom is 0.209 e. The van der Waals surface area contributed by atoms with E-state index in [2.05, 4.69) is 33.7 Å². The molecule has 0 unspecified atom stereocenters. The second-order valence-corrected chi connectivity index (χ2v) is 8.61. The number of hydrogen-bond donors (Lipinski definition) is 1. The van der Waals surface area contributed by atoms with Crippen LogP contribution >= 0.6 is 0 Å². The summed E-state index contributed by atoms with van der Waals surface area (Å²) in [6, 6.07) is 2.00. The van der Waals surface area contributed by atoms with Crippen LogP contribution in [0.4, 0.5) is 0 Å². The number of fused-ring (bicyclic) bond motifs is 1. The van der Waals surface area contributed by atoms with Crippen LogP contribution in [0, 0.1) is 13.8 Å². The average Bonchev–Trinajstić information content (AvgIpc) is 2.93. The largest absolute Gasteiger partial charge is 0.293 e. The van der Waals surface area contributed by atoms with Crippen LogP contribution in [0.3, 0.4) is 0 Å². The van der Waals surface area contributed by atoms with Gasteiger partial charge < -0.3 is 0 Å². The summed E-state index contributed by atoms with van der Waals surface area (Å²) in [5.74, 6) is 0. The lowest BCUT2D eigenvalue weighted by Crippen LogP contribution is -2.23. The SMILES string of the molecule is Cc1nn(C)c(C)c1CN1CCCn2nc(CNS(C)(=O)=O)cc2C1. The van der Waals surface area contributed by atoms with E-state index in [1.54, 1.807) is 0 Å². The fraction of sp³-hybridized carbons (Fsp3) is 0.625.